The van der Waals surface area contributed by atoms with Gasteiger partial charge < -0.3 is 15.4 Å². The average Bonchev–Trinajstić information content (AvgIpc) is 2.53. The Morgan fingerprint density at radius 1 is 1.60 bits per heavy atom. The Labute approximate surface area is 91.8 Å². The van der Waals surface area contributed by atoms with Gasteiger partial charge in [-0.05, 0) is 33.6 Å². The highest BCUT2D eigenvalue weighted by atomic mass is 16.5. The third kappa shape index (κ3) is 3.80. The summed E-state index contributed by atoms with van der Waals surface area (Å²) in [7, 11) is 1.65. The van der Waals surface area contributed by atoms with Gasteiger partial charge in [0.25, 0.3) is 0 Å². The zero-order valence-electron chi connectivity index (χ0n) is 10.1. The van der Waals surface area contributed by atoms with Crippen molar-refractivity contribution in [3.63, 3.8) is 0 Å². The topological polar surface area (TPSA) is 50.4 Å². The molecule has 0 spiro atoms. The number of ether oxygens (including phenoxy) is 1. The maximum absolute atomic E-state index is 11.2. The zero-order chi connectivity index (χ0) is 11.5. The predicted octanol–water partition coefficient (Wildman–Crippen LogP) is 0.668. The molecule has 1 heterocycles. The molecule has 1 aliphatic rings. The molecule has 1 fully saturated rings. The Hall–Kier alpha value is -0.610. The monoisotopic (exact) mass is 214 g/mol. The number of carbonyl (C=O) groups excluding carboxylic acids is 1. The second kappa shape index (κ2) is 4.94. The molecular formula is C11H22N2O2. The first-order valence-electron chi connectivity index (χ1n) is 5.57. The molecular weight excluding hydrogens is 192 g/mol. The molecule has 4 nitrogen and oxygen atoms in total. The van der Waals surface area contributed by atoms with Gasteiger partial charge in [0.1, 0.15) is 0 Å². The van der Waals surface area contributed by atoms with Crippen molar-refractivity contribution >= 4 is 5.91 Å². The minimum atomic E-state index is -0.151. The highest BCUT2D eigenvalue weighted by Gasteiger charge is 2.31. The summed E-state index contributed by atoms with van der Waals surface area (Å²) in [6.45, 7) is 6.82. The number of carbonyl (C=O) groups is 1. The molecule has 0 bridgehead atoms. The van der Waals surface area contributed by atoms with Gasteiger partial charge in [-0.2, -0.15) is 0 Å². The van der Waals surface area contributed by atoms with E-state index in [9.17, 15) is 4.79 Å². The molecule has 0 aliphatic carbocycles. The van der Waals surface area contributed by atoms with Crippen molar-refractivity contribution in [3.05, 3.63) is 0 Å². The molecule has 4 heteroatoms. The summed E-state index contributed by atoms with van der Waals surface area (Å²) in [6.07, 6.45) is 2.40. The van der Waals surface area contributed by atoms with Gasteiger partial charge in [0.2, 0.25) is 5.91 Å². The quantitative estimate of drug-likeness (QED) is 0.723. The van der Waals surface area contributed by atoms with Crippen LogP contribution in [0.2, 0.25) is 0 Å². The molecule has 0 aromatic heterocycles. The van der Waals surface area contributed by atoms with Gasteiger partial charge in [-0.25, -0.2) is 0 Å². The minimum absolute atomic E-state index is 0.00258. The normalized spacial score (nSPS) is 26.3. The van der Waals surface area contributed by atoms with E-state index >= 15 is 0 Å². The molecule has 2 atom stereocenters. The molecule has 1 aliphatic heterocycles. The summed E-state index contributed by atoms with van der Waals surface area (Å²) in [5, 5.41) is 5.79. The van der Waals surface area contributed by atoms with Crippen molar-refractivity contribution in [2.75, 3.05) is 13.6 Å². The van der Waals surface area contributed by atoms with Gasteiger partial charge in [0, 0.05) is 13.6 Å². The van der Waals surface area contributed by atoms with Crippen LogP contribution < -0.4 is 10.6 Å². The van der Waals surface area contributed by atoms with E-state index in [1.54, 1.807) is 7.05 Å². The largest absolute Gasteiger partial charge is 0.371 e. The van der Waals surface area contributed by atoms with Crippen LogP contribution in [0.3, 0.4) is 0 Å². The Bertz CT molecular complexity index is 229. The summed E-state index contributed by atoms with van der Waals surface area (Å²) in [5.41, 5.74) is 0.00258. The maximum Gasteiger partial charge on any atom is 0.236 e. The first-order chi connectivity index (χ1) is 6.94. The van der Waals surface area contributed by atoms with Crippen LogP contribution in [0.4, 0.5) is 0 Å². The van der Waals surface area contributed by atoms with Crippen molar-refractivity contribution in [1.82, 2.24) is 10.6 Å². The fourth-order valence-electron chi connectivity index (χ4n) is 1.84. The minimum Gasteiger partial charge on any atom is -0.371 e. The Morgan fingerprint density at radius 2 is 2.27 bits per heavy atom. The molecule has 88 valence electrons. The van der Waals surface area contributed by atoms with E-state index in [0.717, 1.165) is 19.4 Å². The van der Waals surface area contributed by atoms with Crippen molar-refractivity contribution in [2.45, 2.75) is 51.4 Å². The van der Waals surface area contributed by atoms with Crippen LogP contribution in [0.15, 0.2) is 0 Å². The molecule has 0 aromatic carbocycles. The second-order valence-corrected chi connectivity index (χ2v) is 4.78. The molecule has 2 unspecified atom stereocenters. The van der Waals surface area contributed by atoms with Crippen LogP contribution in [-0.4, -0.2) is 37.2 Å². The second-order valence-electron chi connectivity index (χ2n) is 4.78. The third-order valence-corrected chi connectivity index (χ3v) is 2.85. The van der Waals surface area contributed by atoms with Crippen molar-refractivity contribution in [3.8, 4) is 0 Å². The van der Waals surface area contributed by atoms with Crippen LogP contribution in [-0.2, 0) is 9.53 Å². The number of nitrogens with one attached hydrogen (secondary N) is 2. The van der Waals surface area contributed by atoms with Crippen LogP contribution >= 0.6 is 0 Å². The highest BCUT2D eigenvalue weighted by molar-refractivity contribution is 5.80. The molecule has 1 amide bonds. The number of rotatable bonds is 4. The Kier molecular flexibility index (Phi) is 4.11. The van der Waals surface area contributed by atoms with Gasteiger partial charge in [-0.15, -0.1) is 0 Å². The van der Waals surface area contributed by atoms with Crippen LogP contribution in [0.1, 0.15) is 33.6 Å². The zero-order valence-corrected chi connectivity index (χ0v) is 10.1. The Balaban J connectivity index is 2.24. The van der Waals surface area contributed by atoms with E-state index in [2.05, 4.69) is 24.5 Å². The summed E-state index contributed by atoms with van der Waals surface area (Å²) < 4.78 is 5.82. The van der Waals surface area contributed by atoms with E-state index < -0.39 is 0 Å². The van der Waals surface area contributed by atoms with Crippen molar-refractivity contribution in [2.24, 2.45) is 0 Å². The molecule has 15 heavy (non-hydrogen) atoms. The van der Waals surface area contributed by atoms with E-state index in [-0.39, 0.29) is 23.7 Å². The van der Waals surface area contributed by atoms with Gasteiger partial charge in [0.15, 0.2) is 0 Å². The van der Waals surface area contributed by atoms with Gasteiger partial charge >= 0.3 is 0 Å². The van der Waals surface area contributed by atoms with E-state index in [1.807, 2.05) is 6.92 Å². The van der Waals surface area contributed by atoms with E-state index in [4.69, 9.17) is 4.74 Å². The lowest BCUT2D eigenvalue weighted by Gasteiger charge is -2.20. The number of likely N-dealkylation sites (N-methyl/N-ethyl adjacent to an activating group) is 1. The van der Waals surface area contributed by atoms with Crippen LogP contribution in [0, 0.1) is 0 Å². The Morgan fingerprint density at radius 3 is 2.73 bits per heavy atom. The summed E-state index contributed by atoms with van der Waals surface area (Å²) in [5.74, 6) is 0.0206. The lowest BCUT2D eigenvalue weighted by Crippen LogP contribution is -2.43. The van der Waals surface area contributed by atoms with Crippen molar-refractivity contribution < 1.29 is 9.53 Å². The summed E-state index contributed by atoms with van der Waals surface area (Å²) in [4.78, 5) is 11.2. The van der Waals surface area contributed by atoms with Gasteiger partial charge in [-0.3, -0.25) is 4.79 Å². The molecule has 0 saturated carbocycles. The first-order valence-corrected chi connectivity index (χ1v) is 5.57. The fraction of sp³-hybridized carbons (Fsp3) is 0.909. The molecule has 2 N–H and O–H groups in total. The fourth-order valence-corrected chi connectivity index (χ4v) is 1.84. The molecule has 0 radical (unpaired) electrons. The molecule has 1 rings (SSSR count). The predicted molar refractivity (Wildman–Crippen MR) is 59.7 cm³/mol. The lowest BCUT2D eigenvalue weighted by atomic mass is 10.1. The first kappa shape index (κ1) is 12.5. The van der Waals surface area contributed by atoms with Crippen molar-refractivity contribution in [1.29, 1.82) is 0 Å². The molecule has 1 saturated heterocycles. The van der Waals surface area contributed by atoms with Crippen LogP contribution in [0.5, 0.6) is 0 Å². The lowest BCUT2D eigenvalue weighted by molar-refractivity contribution is -0.122. The number of hydrogen-bond donors (Lipinski definition) is 2. The third-order valence-electron chi connectivity index (χ3n) is 2.85. The summed E-state index contributed by atoms with van der Waals surface area (Å²) in [6, 6.07) is -0.151. The maximum atomic E-state index is 11.2. The smallest absolute Gasteiger partial charge is 0.236 e. The van der Waals surface area contributed by atoms with Crippen LogP contribution in [0.25, 0.3) is 0 Å². The number of hydrogen-bond acceptors (Lipinski definition) is 3. The van der Waals surface area contributed by atoms with Gasteiger partial charge in [0.05, 0.1) is 17.7 Å². The average molecular weight is 214 g/mol. The standard InChI is InChI=1S/C11H22N2O2/c1-8(10(14)12-4)13-7-9-5-6-11(2,3)15-9/h8-9,13H,5-7H2,1-4H3,(H,12,14). The SMILES string of the molecule is CNC(=O)C(C)NCC1CCC(C)(C)O1. The number of amides is 1. The van der Waals surface area contributed by atoms with E-state index in [0.29, 0.717) is 0 Å². The van der Waals surface area contributed by atoms with Gasteiger partial charge in [-0.1, -0.05) is 0 Å². The highest BCUT2D eigenvalue weighted by Crippen LogP contribution is 2.28. The van der Waals surface area contributed by atoms with E-state index in [1.165, 1.54) is 0 Å². The summed E-state index contributed by atoms with van der Waals surface area (Å²) >= 11 is 0. The molecule has 0 aromatic rings.